The Kier molecular flexibility index (Phi) is 6.78. The molecule has 0 saturated heterocycles. The van der Waals surface area contributed by atoms with Gasteiger partial charge in [0.2, 0.25) is 0 Å². The summed E-state index contributed by atoms with van der Waals surface area (Å²) in [4.78, 5) is 0. The lowest BCUT2D eigenvalue weighted by atomic mass is 9.63. The summed E-state index contributed by atoms with van der Waals surface area (Å²) in [5.41, 5.74) is -1.52. The van der Waals surface area contributed by atoms with E-state index in [-0.39, 0.29) is 10.9 Å². The third kappa shape index (κ3) is 4.65. The van der Waals surface area contributed by atoms with Crippen LogP contribution < -0.4 is 0 Å². The van der Waals surface area contributed by atoms with Gasteiger partial charge in [0.1, 0.15) is 17.5 Å². The van der Waals surface area contributed by atoms with Crippen molar-refractivity contribution in [3.63, 3.8) is 0 Å². The molecular weight excluding hydrogens is 426 g/mol. The third-order valence-electron chi connectivity index (χ3n) is 7.79. The molecule has 4 rings (SSSR count). The largest absolute Gasteiger partial charge is 0.419 e. The van der Waals surface area contributed by atoms with Crippen LogP contribution in [0.4, 0.5) is 26.3 Å². The molecule has 4 unspecified atom stereocenters. The molecule has 2 aliphatic carbocycles. The lowest BCUT2D eigenvalue weighted by Crippen LogP contribution is -2.31. The summed E-state index contributed by atoms with van der Waals surface area (Å²) in [6.07, 6.45) is 5.15. The molecule has 2 saturated carbocycles. The first-order chi connectivity index (χ1) is 15.2. The molecule has 0 aliphatic heterocycles. The lowest BCUT2D eigenvalue weighted by molar-refractivity contribution is -0.140. The molecule has 2 fully saturated rings. The Balaban J connectivity index is 1.62. The Labute approximate surface area is 185 Å². The van der Waals surface area contributed by atoms with Crippen LogP contribution in [0.2, 0.25) is 0 Å². The quantitative estimate of drug-likeness (QED) is 0.311. The predicted molar refractivity (Wildman–Crippen MR) is 114 cm³/mol. The van der Waals surface area contributed by atoms with Gasteiger partial charge in [-0.2, -0.15) is 13.2 Å². The predicted octanol–water partition coefficient (Wildman–Crippen LogP) is 9.16. The monoisotopic (exact) mass is 456 g/mol. The van der Waals surface area contributed by atoms with Crippen LogP contribution in [0, 0.1) is 35.2 Å². The van der Waals surface area contributed by atoms with Gasteiger partial charge in [0.25, 0.3) is 0 Å². The smallest absolute Gasteiger partial charge is 0.207 e. The molecule has 6 heteroatoms. The van der Waals surface area contributed by atoms with Crippen molar-refractivity contribution in [3.8, 4) is 0 Å². The van der Waals surface area contributed by atoms with E-state index < -0.39 is 40.5 Å². The van der Waals surface area contributed by atoms with Crippen molar-refractivity contribution in [1.29, 1.82) is 0 Å². The molecule has 0 N–H and O–H groups in total. The zero-order chi connectivity index (χ0) is 23.0. The van der Waals surface area contributed by atoms with Crippen LogP contribution in [0.1, 0.15) is 88.2 Å². The van der Waals surface area contributed by atoms with Crippen LogP contribution in [0.3, 0.4) is 0 Å². The Morgan fingerprint density at radius 1 is 0.875 bits per heavy atom. The zero-order valence-electron chi connectivity index (χ0n) is 18.4. The number of unbranched alkanes of at least 4 members (excludes halogenated alkanes) is 2. The summed E-state index contributed by atoms with van der Waals surface area (Å²) in [6, 6.07) is 2.52. The number of rotatable bonds is 5. The lowest BCUT2D eigenvalue weighted by Gasteiger charge is -2.43. The SMILES string of the molecule is CCCCCC1CCC2CC(c3cc4cc(F)cc(F)c4c(F)c3C(F)(F)F)CCC2C1. The van der Waals surface area contributed by atoms with Crippen LogP contribution in [0.15, 0.2) is 18.2 Å². The van der Waals surface area contributed by atoms with Gasteiger partial charge in [0.15, 0.2) is 0 Å². The van der Waals surface area contributed by atoms with Gasteiger partial charge in [0, 0.05) is 6.07 Å². The topological polar surface area (TPSA) is 0 Å². The van der Waals surface area contributed by atoms with E-state index in [0.717, 1.165) is 31.7 Å². The highest BCUT2D eigenvalue weighted by Gasteiger charge is 2.43. The number of alkyl halides is 3. The highest BCUT2D eigenvalue weighted by molar-refractivity contribution is 5.86. The molecule has 0 heterocycles. The van der Waals surface area contributed by atoms with Crippen molar-refractivity contribution >= 4 is 10.8 Å². The maximum absolute atomic E-state index is 15.0. The first kappa shape index (κ1) is 23.4. The van der Waals surface area contributed by atoms with Gasteiger partial charge in [-0.1, -0.05) is 39.0 Å². The fraction of sp³-hybridized carbons (Fsp3) is 0.615. The second-order valence-corrected chi connectivity index (χ2v) is 9.84. The third-order valence-corrected chi connectivity index (χ3v) is 7.79. The Morgan fingerprint density at radius 2 is 1.59 bits per heavy atom. The van der Waals surface area contributed by atoms with Crippen LogP contribution in [-0.4, -0.2) is 0 Å². The van der Waals surface area contributed by atoms with E-state index in [2.05, 4.69) is 6.92 Å². The summed E-state index contributed by atoms with van der Waals surface area (Å²) >= 11 is 0. The maximum Gasteiger partial charge on any atom is 0.419 e. The van der Waals surface area contributed by atoms with Gasteiger partial charge in [-0.05, 0) is 78.9 Å². The van der Waals surface area contributed by atoms with Gasteiger partial charge in [-0.3, -0.25) is 0 Å². The first-order valence-corrected chi connectivity index (χ1v) is 11.9. The van der Waals surface area contributed by atoms with Gasteiger partial charge < -0.3 is 0 Å². The molecular formula is C26H30F6. The number of hydrogen-bond donors (Lipinski definition) is 0. The van der Waals surface area contributed by atoms with Crippen molar-refractivity contribution in [2.24, 2.45) is 17.8 Å². The number of benzene rings is 2. The molecule has 2 aliphatic rings. The van der Waals surface area contributed by atoms with Crippen molar-refractivity contribution < 1.29 is 26.3 Å². The van der Waals surface area contributed by atoms with Gasteiger partial charge >= 0.3 is 6.18 Å². The second kappa shape index (κ2) is 9.26. The fourth-order valence-corrected chi connectivity index (χ4v) is 6.25. The van der Waals surface area contributed by atoms with E-state index >= 15 is 4.39 Å². The van der Waals surface area contributed by atoms with Crippen molar-refractivity contribution in [1.82, 2.24) is 0 Å². The van der Waals surface area contributed by atoms with E-state index in [4.69, 9.17) is 0 Å². The highest BCUT2D eigenvalue weighted by Crippen LogP contribution is 2.51. The fourth-order valence-electron chi connectivity index (χ4n) is 6.25. The van der Waals surface area contributed by atoms with Gasteiger partial charge in [0.05, 0.1) is 10.9 Å². The van der Waals surface area contributed by atoms with Crippen LogP contribution in [0.25, 0.3) is 10.8 Å². The van der Waals surface area contributed by atoms with E-state index in [0.29, 0.717) is 36.7 Å². The second-order valence-electron chi connectivity index (χ2n) is 9.84. The molecule has 176 valence electrons. The molecule has 0 aromatic heterocycles. The Hall–Kier alpha value is -1.72. The summed E-state index contributed by atoms with van der Waals surface area (Å²) in [5, 5.41) is -0.937. The first-order valence-electron chi connectivity index (χ1n) is 11.9. The zero-order valence-corrected chi connectivity index (χ0v) is 18.4. The van der Waals surface area contributed by atoms with Gasteiger partial charge in [-0.25, -0.2) is 13.2 Å². The van der Waals surface area contributed by atoms with Gasteiger partial charge in [-0.15, -0.1) is 0 Å². The summed E-state index contributed by atoms with van der Waals surface area (Å²) in [5.74, 6) is -2.75. The molecule has 0 radical (unpaired) electrons. The average Bonchev–Trinajstić information content (AvgIpc) is 2.71. The standard InChI is InChI=1S/C26H30F6/c1-2-3-4-5-15-6-7-17-11-18(9-8-16(17)10-15)21-13-19-12-20(27)14-22(28)23(19)25(29)24(21)26(30,31)32/h12-18H,2-11H2,1H3. The molecule has 0 bridgehead atoms. The van der Waals surface area contributed by atoms with E-state index in [1.807, 2.05) is 0 Å². The number of fused-ring (bicyclic) bond motifs is 2. The molecule has 0 spiro atoms. The number of hydrogen-bond acceptors (Lipinski definition) is 0. The molecule has 0 amide bonds. The Bertz CT molecular complexity index is 963. The normalized spacial score (nSPS) is 26.3. The van der Waals surface area contributed by atoms with Crippen LogP contribution in [0.5, 0.6) is 0 Å². The summed E-state index contributed by atoms with van der Waals surface area (Å²) in [6.45, 7) is 2.19. The van der Waals surface area contributed by atoms with Crippen LogP contribution in [-0.2, 0) is 6.18 Å². The maximum atomic E-state index is 15.0. The van der Waals surface area contributed by atoms with Crippen molar-refractivity contribution in [2.75, 3.05) is 0 Å². The minimum Gasteiger partial charge on any atom is -0.207 e. The minimum atomic E-state index is -4.94. The van der Waals surface area contributed by atoms with E-state index in [1.165, 1.54) is 31.7 Å². The van der Waals surface area contributed by atoms with E-state index in [1.54, 1.807) is 0 Å². The summed E-state index contributed by atoms with van der Waals surface area (Å²) in [7, 11) is 0. The summed E-state index contributed by atoms with van der Waals surface area (Å²) < 4.78 is 84.6. The Morgan fingerprint density at radius 3 is 2.31 bits per heavy atom. The minimum absolute atomic E-state index is 0.143. The van der Waals surface area contributed by atoms with E-state index in [9.17, 15) is 22.0 Å². The average molecular weight is 457 g/mol. The number of halogens is 6. The molecule has 0 nitrogen and oxygen atoms in total. The highest BCUT2D eigenvalue weighted by atomic mass is 19.4. The molecule has 2 aromatic carbocycles. The molecule has 4 atom stereocenters. The van der Waals surface area contributed by atoms with Crippen molar-refractivity contribution in [3.05, 3.63) is 46.8 Å². The van der Waals surface area contributed by atoms with Crippen molar-refractivity contribution in [2.45, 2.75) is 83.2 Å². The molecule has 2 aromatic rings. The molecule has 32 heavy (non-hydrogen) atoms. The van der Waals surface area contributed by atoms with Crippen LogP contribution >= 0.6 is 0 Å².